The van der Waals surface area contributed by atoms with Crippen LogP contribution < -0.4 is 9.47 Å². The first-order valence-electron chi connectivity index (χ1n) is 10.3. The highest BCUT2D eigenvalue weighted by molar-refractivity contribution is 5.99. The molecule has 0 aromatic heterocycles. The molecule has 0 heterocycles. The summed E-state index contributed by atoms with van der Waals surface area (Å²) in [7, 11) is 1.59. The van der Waals surface area contributed by atoms with E-state index in [0.717, 1.165) is 40.7 Å². The molecule has 0 amide bonds. The van der Waals surface area contributed by atoms with E-state index in [1.54, 1.807) is 31.4 Å². The quantitative estimate of drug-likeness (QED) is 0.413. The van der Waals surface area contributed by atoms with Crippen molar-refractivity contribution in [1.29, 1.82) is 0 Å². The number of phenols is 2. The van der Waals surface area contributed by atoms with Crippen LogP contribution in [0.2, 0.25) is 0 Å². The van der Waals surface area contributed by atoms with Gasteiger partial charge in [0.25, 0.3) is 0 Å². The van der Waals surface area contributed by atoms with Gasteiger partial charge in [-0.15, -0.1) is 0 Å². The summed E-state index contributed by atoms with van der Waals surface area (Å²) < 4.78 is 11.1. The summed E-state index contributed by atoms with van der Waals surface area (Å²) in [5.41, 5.74) is 5.02. The van der Waals surface area contributed by atoms with Gasteiger partial charge in [-0.2, -0.15) is 0 Å². The number of hydrogen-bond acceptors (Lipinski definition) is 5. The second-order valence-corrected chi connectivity index (χ2v) is 7.14. The van der Waals surface area contributed by atoms with Crippen LogP contribution in [0.3, 0.4) is 0 Å². The molecule has 0 saturated heterocycles. The van der Waals surface area contributed by atoms with E-state index in [0.29, 0.717) is 11.5 Å². The molecule has 3 aromatic rings. The van der Waals surface area contributed by atoms with Crippen molar-refractivity contribution in [3.63, 3.8) is 0 Å². The van der Waals surface area contributed by atoms with Crippen LogP contribution in [0.25, 0.3) is 11.1 Å². The Balaban J connectivity index is 2.25. The normalized spacial score (nSPS) is 10.5. The van der Waals surface area contributed by atoms with Gasteiger partial charge in [0, 0.05) is 0 Å². The van der Waals surface area contributed by atoms with Crippen molar-refractivity contribution in [2.75, 3.05) is 20.3 Å². The van der Waals surface area contributed by atoms with Gasteiger partial charge in [0.05, 0.1) is 13.7 Å². The van der Waals surface area contributed by atoms with Crippen molar-refractivity contribution >= 4 is 11.1 Å². The number of phenolic OH excluding ortho intramolecular Hbond substituents is 2. The zero-order valence-corrected chi connectivity index (χ0v) is 17.8. The Hall–Kier alpha value is -3.44. The number of aliphatic hydroxyl groups is 1. The lowest BCUT2D eigenvalue weighted by molar-refractivity contribution is 0.196. The molecule has 0 fully saturated rings. The molecule has 3 N–H and O–H groups in total. The maximum atomic E-state index is 9.78. The van der Waals surface area contributed by atoms with Gasteiger partial charge in [-0.25, -0.2) is 0 Å². The Labute approximate surface area is 182 Å². The molecule has 0 atom stereocenters. The maximum Gasteiger partial charge on any atom is 0.161 e. The second-order valence-electron chi connectivity index (χ2n) is 7.14. The smallest absolute Gasteiger partial charge is 0.161 e. The van der Waals surface area contributed by atoms with E-state index < -0.39 is 0 Å². The zero-order valence-electron chi connectivity index (χ0n) is 17.8. The van der Waals surface area contributed by atoms with Gasteiger partial charge in [0.2, 0.25) is 0 Å². The molecular formula is C26H28O5. The Kier molecular flexibility index (Phi) is 7.57. The summed E-state index contributed by atoms with van der Waals surface area (Å²) in [5.74, 6) is 1.58. The van der Waals surface area contributed by atoms with E-state index in [1.165, 1.54) is 0 Å². The summed E-state index contributed by atoms with van der Waals surface area (Å²) in [6, 6.07) is 20.0. The number of ether oxygens (including phenoxy) is 2. The van der Waals surface area contributed by atoms with Gasteiger partial charge >= 0.3 is 0 Å². The average Bonchev–Trinajstić information content (AvgIpc) is 2.79. The molecule has 0 spiro atoms. The van der Waals surface area contributed by atoms with Crippen LogP contribution in [0.5, 0.6) is 23.0 Å². The monoisotopic (exact) mass is 420 g/mol. The molecule has 31 heavy (non-hydrogen) atoms. The molecule has 0 bridgehead atoms. The van der Waals surface area contributed by atoms with Crippen LogP contribution in [-0.4, -0.2) is 35.6 Å². The van der Waals surface area contributed by atoms with Gasteiger partial charge in [0.1, 0.15) is 18.1 Å². The fourth-order valence-electron chi connectivity index (χ4n) is 3.57. The predicted molar refractivity (Wildman–Crippen MR) is 123 cm³/mol. The predicted octanol–water partition coefficient (Wildman–Crippen LogP) is 5.24. The molecule has 0 aliphatic heterocycles. The van der Waals surface area contributed by atoms with Crippen LogP contribution in [0.1, 0.15) is 36.5 Å². The number of hydrogen-bond donors (Lipinski definition) is 3. The highest BCUT2D eigenvalue weighted by Gasteiger charge is 2.16. The van der Waals surface area contributed by atoms with Crippen molar-refractivity contribution in [3.05, 3.63) is 83.4 Å². The topological polar surface area (TPSA) is 79.2 Å². The standard InChI is InChI=1S/C26H28O5/c1-3-4-23(20-9-14-24(30-2)25(17-20)31-16-15-27)26(18-5-10-21(28)11-6-18)19-7-12-22(29)13-8-19/h5-14,17,27-29H,3-4,15-16H2,1-2H3. The number of allylic oxidation sites excluding steroid dienone is 1. The summed E-state index contributed by atoms with van der Waals surface area (Å²) in [6.45, 7) is 2.21. The van der Waals surface area contributed by atoms with E-state index in [-0.39, 0.29) is 24.7 Å². The Morgan fingerprint density at radius 2 is 1.32 bits per heavy atom. The van der Waals surface area contributed by atoms with Crippen LogP contribution in [0, 0.1) is 0 Å². The van der Waals surface area contributed by atoms with Crippen molar-refractivity contribution < 1.29 is 24.8 Å². The lowest BCUT2D eigenvalue weighted by Gasteiger charge is -2.19. The van der Waals surface area contributed by atoms with Gasteiger partial charge < -0.3 is 24.8 Å². The summed E-state index contributed by atoms with van der Waals surface area (Å²) >= 11 is 0. The maximum absolute atomic E-state index is 9.78. The van der Waals surface area contributed by atoms with Crippen LogP contribution in [0.4, 0.5) is 0 Å². The van der Waals surface area contributed by atoms with Crippen molar-refractivity contribution in [1.82, 2.24) is 0 Å². The molecule has 0 radical (unpaired) electrons. The van der Waals surface area contributed by atoms with Gasteiger partial charge in [-0.3, -0.25) is 0 Å². The summed E-state index contributed by atoms with van der Waals surface area (Å²) in [5, 5.41) is 28.7. The highest BCUT2D eigenvalue weighted by Crippen LogP contribution is 2.39. The lowest BCUT2D eigenvalue weighted by atomic mass is 9.87. The Morgan fingerprint density at radius 1 is 0.774 bits per heavy atom. The third kappa shape index (κ3) is 5.38. The average molecular weight is 421 g/mol. The molecule has 0 unspecified atom stereocenters. The van der Waals surface area contributed by atoms with Gasteiger partial charge in [-0.1, -0.05) is 43.7 Å². The van der Waals surface area contributed by atoms with E-state index in [4.69, 9.17) is 14.6 Å². The molecule has 3 aromatic carbocycles. The van der Waals surface area contributed by atoms with Crippen LogP contribution in [0.15, 0.2) is 66.7 Å². The molecule has 3 rings (SSSR count). The van der Waals surface area contributed by atoms with Gasteiger partial charge in [-0.05, 0) is 70.7 Å². The third-order valence-corrected chi connectivity index (χ3v) is 4.97. The number of rotatable bonds is 9. The van der Waals surface area contributed by atoms with E-state index in [9.17, 15) is 10.2 Å². The number of aliphatic hydroxyl groups excluding tert-OH is 1. The van der Waals surface area contributed by atoms with Crippen molar-refractivity contribution in [3.8, 4) is 23.0 Å². The van der Waals surface area contributed by atoms with E-state index in [2.05, 4.69) is 6.92 Å². The lowest BCUT2D eigenvalue weighted by Crippen LogP contribution is -2.04. The zero-order chi connectivity index (χ0) is 22.2. The Bertz CT molecular complexity index is 973. The number of aromatic hydroxyl groups is 2. The largest absolute Gasteiger partial charge is 0.508 e. The molecule has 0 aliphatic carbocycles. The summed E-state index contributed by atoms with van der Waals surface area (Å²) in [6.07, 6.45) is 1.73. The van der Waals surface area contributed by atoms with E-state index >= 15 is 0 Å². The number of benzene rings is 3. The first-order chi connectivity index (χ1) is 15.1. The molecule has 162 valence electrons. The van der Waals surface area contributed by atoms with Crippen molar-refractivity contribution in [2.45, 2.75) is 19.8 Å². The molecule has 0 aliphatic rings. The fourth-order valence-corrected chi connectivity index (χ4v) is 3.57. The minimum atomic E-state index is -0.0860. The van der Waals surface area contributed by atoms with E-state index in [1.807, 2.05) is 42.5 Å². The SMILES string of the molecule is CCCC(=C(c1ccc(O)cc1)c1ccc(O)cc1)c1ccc(OC)c(OCCO)c1. The molecule has 5 heteroatoms. The van der Waals surface area contributed by atoms with Gasteiger partial charge in [0.15, 0.2) is 11.5 Å². The molecule has 5 nitrogen and oxygen atoms in total. The van der Waals surface area contributed by atoms with Crippen LogP contribution >= 0.6 is 0 Å². The molecule has 0 saturated carbocycles. The fraction of sp³-hybridized carbons (Fsp3) is 0.231. The highest BCUT2D eigenvalue weighted by atomic mass is 16.5. The minimum Gasteiger partial charge on any atom is -0.508 e. The van der Waals surface area contributed by atoms with Crippen LogP contribution in [-0.2, 0) is 0 Å². The number of methoxy groups -OCH3 is 1. The second kappa shape index (κ2) is 10.5. The first kappa shape index (κ1) is 22.2. The summed E-state index contributed by atoms with van der Waals surface area (Å²) in [4.78, 5) is 0. The van der Waals surface area contributed by atoms with Crippen molar-refractivity contribution in [2.24, 2.45) is 0 Å². The minimum absolute atomic E-state index is 0.0860. The Morgan fingerprint density at radius 3 is 1.81 bits per heavy atom. The molecular weight excluding hydrogens is 392 g/mol. The third-order valence-electron chi connectivity index (χ3n) is 4.97. The first-order valence-corrected chi connectivity index (χ1v) is 10.3.